The lowest BCUT2D eigenvalue weighted by molar-refractivity contribution is -0.119. The Bertz CT molecular complexity index is 228. The van der Waals surface area contributed by atoms with Crippen molar-refractivity contribution in [1.82, 2.24) is 10.2 Å². The number of likely N-dealkylation sites (tertiary alicyclic amines) is 1. The highest BCUT2D eigenvalue weighted by Crippen LogP contribution is 2.13. The summed E-state index contributed by atoms with van der Waals surface area (Å²) in [7, 11) is 0. The van der Waals surface area contributed by atoms with Crippen LogP contribution in [0.4, 0.5) is 0 Å². The van der Waals surface area contributed by atoms with E-state index in [2.05, 4.69) is 16.3 Å². The fraction of sp³-hybridized carbons (Fsp3) is 0.818. The first-order valence-electron chi connectivity index (χ1n) is 5.51. The van der Waals surface area contributed by atoms with Crippen LogP contribution in [0.25, 0.3) is 0 Å². The van der Waals surface area contributed by atoms with Crippen LogP contribution >= 0.6 is 0 Å². The van der Waals surface area contributed by atoms with Crippen molar-refractivity contribution in [2.75, 3.05) is 19.6 Å². The topological polar surface area (TPSA) is 56.1 Å². The third-order valence-corrected chi connectivity index (χ3v) is 2.12. The Hall–Kier alpha value is -1.08. The third kappa shape index (κ3) is 5.38. The zero-order valence-electron chi connectivity index (χ0n) is 10.1. The summed E-state index contributed by atoms with van der Waals surface area (Å²) >= 11 is 0. The van der Waals surface area contributed by atoms with Crippen LogP contribution in [0.1, 0.15) is 27.7 Å². The average molecular weight is 211 g/mol. The van der Waals surface area contributed by atoms with E-state index in [4.69, 9.17) is 5.26 Å². The SMILES string of the molecule is CC.CC(=O)NC(C)CN1CC(C#N)C1. The molecule has 0 aliphatic carbocycles. The number of carbonyl (C=O) groups excluding carboxylic acids is 1. The van der Waals surface area contributed by atoms with Crippen molar-refractivity contribution in [3.8, 4) is 6.07 Å². The summed E-state index contributed by atoms with van der Waals surface area (Å²) in [5.41, 5.74) is 0. The molecule has 4 nitrogen and oxygen atoms in total. The first-order valence-corrected chi connectivity index (χ1v) is 5.51. The Morgan fingerprint density at radius 1 is 1.60 bits per heavy atom. The van der Waals surface area contributed by atoms with Crippen molar-refractivity contribution in [2.45, 2.75) is 33.7 Å². The first kappa shape index (κ1) is 13.9. The number of hydrogen-bond donors (Lipinski definition) is 1. The Labute approximate surface area is 92.3 Å². The van der Waals surface area contributed by atoms with Gasteiger partial charge in [0.15, 0.2) is 0 Å². The number of amides is 1. The molecule has 1 aliphatic heterocycles. The van der Waals surface area contributed by atoms with Crippen molar-refractivity contribution in [2.24, 2.45) is 5.92 Å². The number of nitriles is 1. The van der Waals surface area contributed by atoms with Gasteiger partial charge in [0.2, 0.25) is 5.91 Å². The first-order chi connectivity index (χ1) is 7.11. The summed E-state index contributed by atoms with van der Waals surface area (Å²) in [6.45, 7) is 10.0. The van der Waals surface area contributed by atoms with Crippen LogP contribution < -0.4 is 5.32 Å². The molecular formula is C11H21N3O. The molecule has 1 atom stereocenters. The van der Waals surface area contributed by atoms with E-state index in [0.717, 1.165) is 19.6 Å². The molecule has 0 spiro atoms. The van der Waals surface area contributed by atoms with Gasteiger partial charge in [-0.1, -0.05) is 13.8 Å². The molecule has 1 saturated heterocycles. The maximum Gasteiger partial charge on any atom is 0.217 e. The molecule has 0 aromatic heterocycles. The van der Waals surface area contributed by atoms with Crippen LogP contribution in [-0.2, 0) is 4.79 Å². The lowest BCUT2D eigenvalue weighted by Crippen LogP contribution is -2.51. The zero-order chi connectivity index (χ0) is 11.8. The summed E-state index contributed by atoms with van der Waals surface area (Å²) in [5.74, 6) is 0.203. The Kier molecular flexibility index (Phi) is 6.72. The molecule has 1 amide bonds. The highest BCUT2D eigenvalue weighted by molar-refractivity contribution is 5.73. The van der Waals surface area contributed by atoms with Crippen LogP contribution in [0.5, 0.6) is 0 Å². The van der Waals surface area contributed by atoms with Crippen molar-refractivity contribution >= 4 is 5.91 Å². The Morgan fingerprint density at radius 2 is 2.13 bits per heavy atom. The zero-order valence-corrected chi connectivity index (χ0v) is 10.1. The lowest BCUT2D eigenvalue weighted by atomic mass is 10.0. The minimum atomic E-state index is 0.00450. The van der Waals surface area contributed by atoms with Crippen molar-refractivity contribution in [3.05, 3.63) is 0 Å². The van der Waals surface area contributed by atoms with Gasteiger partial charge in [-0.3, -0.25) is 9.69 Å². The van der Waals surface area contributed by atoms with Crippen LogP contribution in [-0.4, -0.2) is 36.5 Å². The molecule has 0 bridgehead atoms. The van der Waals surface area contributed by atoms with Gasteiger partial charge in [-0.05, 0) is 6.92 Å². The molecule has 1 unspecified atom stereocenters. The minimum absolute atomic E-state index is 0.00450. The number of rotatable bonds is 3. The molecule has 1 fully saturated rings. The monoisotopic (exact) mass is 211 g/mol. The molecule has 4 heteroatoms. The van der Waals surface area contributed by atoms with E-state index in [1.54, 1.807) is 0 Å². The molecule has 1 aliphatic rings. The fourth-order valence-electron chi connectivity index (χ4n) is 1.58. The normalized spacial score (nSPS) is 17.8. The number of nitrogens with one attached hydrogen (secondary N) is 1. The number of hydrogen-bond acceptors (Lipinski definition) is 3. The second-order valence-corrected chi connectivity index (χ2v) is 3.65. The van der Waals surface area contributed by atoms with E-state index in [-0.39, 0.29) is 17.9 Å². The Morgan fingerprint density at radius 3 is 2.53 bits per heavy atom. The van der Waals surface area contributed by atoms with E-state index < -0.39 is 0 Å². The van der Waals surface area contributed by atoms with Crippen LogP contribution in [0.3, 0.4) is 0 Å². The number of carbonyl (C=O) groups is 1. The fourth-order valence-corrected chi connectivity index (χ4v) is 1.58. The molecule has 0 aromatic rings. The Balaban J connectivity index is 0.000000921. The van der Waals surface area contributed by atoms with E-state index in [9.17, 15) is 4.79 Å². The van der Waals surface area contributed by atoms with E-state index in [1.807, 2.05) is 20.8 Å². The second-order valence-electron chi connectivity index (χ2n) is 3.65. The molecule has 1 rings (SSSR count). The van der Waals surface area contributed by atoms with Gasteiger partial charge in [-0.15, -0.1) is 0 Å². The van der Waals surface area contributed by atoms with Gasteiger partial charge < -0.3 is 5.32 Å². The van der Waals surface area contributed by atoms with E-state index in [1.165, 1.54) is 6.92 Å². The molecule has 0 radical (unpaired) electrons. The van der Waals surface area contributed by atoms with Gasteiger partial charge in [-0.25, -0.2) is 0 Å². The molecule has 86 valence electrons. The van der Waals surface area contributed by atoms with Gasteiger partial charge in [-0.2, -0.15) is 5.26 Å². The maximum absolute atomic E-state index is 10.7. The highest BCUT2D eigenvalue weighted by Gasteiger charge is 2.27. The van der Waals surface area contributed by atoms with Crippen LogP contribution in [0.15, 0.2) is 0 Å². The summed E-state index contributed by atoms with van der Waals surface area (Å²) in [6.07, 6.45) is 0. The molecule has 0 aromatic carbocycles. The summed E-state index contributed by atoms with van der Waals surface area (Å²) in [4.78, 5) is 12.9. The van der Waals surface area contributed by atoms with E-state index in [0.29, 0.717) is 0 Å². The van der Waals surface area contributed by atoms with Gasteiger partial charge >= 0.3 is 0 Å². The second kappa shape index (κ2) is 7.24. The minimum Gasteiger partial charge on any atom is -0.353 e. The summed E-state index contributed by atoms with van der Waals surface area (Å²) < 4.78 is 0. The van der Waals surface area contributed by atoms with Gasteiger partial charge in [0.05, 0.1) is 12.0 Å². The summed E-state index contributed by atoms with van der Waals surface area (Å²) in [5, 5.41) is 11.3. The summed E-state index contributed by atoms with van der Waals surface area (Å²) in [6, 6.07) is 2.39. The molecular weight excluding hydrogens is 190 g/mol. The smallest absolute Gasteiger partial charge is 0.217 e. The predicted molar refractivity (Wildman–Crippen MR) is 60.2 cm³/mol. The van der Waals surface area contributed by atoms with Crippen LogP contribution in [0.2, 0.25) is 0 Å². The molecule has 0 saturated carbocycles. The lowest BCUT2D eigenvalue weighted by Gasteiger charge is -2.36. The number of nitrogens with zero attached hydrogens (tertiary/aromatic N) is 2. The van der Waals surface area contributed by atoms with Gasteiger partial charge in [0.25, 0.3) is 0 Å². The molecule has 1 N–H and O–H groups in total. The average Bonchev–Trinajstić information content (AvgIpc) is 2.12. The molecule has 1 heterocycles. The highest BCUT2D eigenvalue weighted by atomic mass is 16.1. The molecule has 15 heavy (non-hydrogen) atoms. The standard InChI is InChI=1S/C9H15N3O.C2H6/c1-7(11-8(2)13)4-12-5-9(3-10)6-12;1-2/h7,9H,4-6H2,1-2H3,(H,11,13);1-2H3. The van der Waals surface area contributed by atoms with Crippen molar-refractivity contribution in [3.63, 3.8) is 0 Å². The van der Waals surface area contributed by atoms with Crippen LogP contribution in [0, 0.1) is 17.2 Å². The van der Waals surface area contributed by atoms with Gasteiger partial charge in [0, 0.05) is 32.6 Å². The largest absolute Gasteiger partial charge is 0.353 e. The predicted octanol–water partition coefficient (Wildman–Crippen LogP) is 0.993. The third-order valence-electron chi connectivity index (χ3n) is 2.12. The maximum atomic E-state index is 10.7. The van der Waals surface area contributed by atoms with E-state index >= 15 is 0 Å². The van der Waals surface area contributed by atoms with Crippen molar-refractivity contribution in [1.29, 1.82) is 5.26 Å². The van der Waals surface area contributed by atoms with Crippen molar-refractivity contribution < 1.29 is 4.79 Å². The quantitative estimate of drug-likeness (QED) is 0.757. The van der Waals surface area contributed by atoms with Gasteiger partial charge in [0.1, 0.15) is 0 Å².